The fraction of sp³-hybridized carbons (Fsp3) is 0.222. The summed E-state index contributed by atoms with van der Waals surface area (Å²) in [6.07, 6.45) is 1.70. The van der Waals surface area contributed by atoms with Crippen LogP contribution in [0, 0.1) is 27.7 Å². The lowest BCUT2D eigenvalue weighted by Gasteiger charge is -2.06. The zero-order valence-electron chi connectivity index (χ0n) is 12.9. The Labute approximate surface area is 125 Å². The summed E-state index contributed by atoms with van der Waals surface area (Å²) >= 11 is 0. The smallest absolute Gasteiger partial charge is 0.267 e. The quantitative estimate of drug-likeness (QED) is 0.676. The third-order valence-corrected chi connectivity index (χ3v) is 3.41. The van der Waals surface area contributed by atoms with Crippen molar-refractivity contribution in [3.63, 3.8) is 0 Å². The molecule has 0 aliphatic carbocycles. The number of benzene rings is 2. The summed E-state index contributed by atoms with van der Waals surface area (Å²) in [5.74, 6) is -0.200. The minimum Gasteiger partial charge on any atom is -0.267 e. The number of hydrazone groups is 1. The Morgan fingerprint density at radius 3 is 2.10 bits per heavy atom. The van der Waals surface area contributed by atoms with Gasteiger partial charge in [-0.15, -0.1) is 0 Å². The van der Waals surface area contributed by atoms with Gasteiger partial charge in [0.2, 0.25) is 0 Å². The first-order valence-electron chi connectivity index (χ1n) is 6.95. The molecule has 1 N–H and O–H groups in total. The second kappa shape index (κ2) is 6.35. The van der Waals surface area contributed by atoms with Crippen LogP contribution >= 0.6 is 0 Å². The van der Waals surface area contributed by atoms with Crippen LogP contribution in [0.5, 0.6) is 0 Å². The highest BCUT2D eigenvalue weighted by Gasteiger charge is 2.04. The van der Waals surface area contributed by atoms with Gasteiger partial charge in [0, 0.05) is 11.1 Å². The van der Waals surface area contributed by atoms with Crippen LogP contribution in [0.3, 0.4) is 0 Å². The molecule has 0 spiro atoms. The molecule has 2 aromatic carbocycles. The number of hydrogen-bond acceptors (Lipinski definition) is 2. The van der Waals surface area contributed by atoms with E-state index in [1.54, 1.807) is 18.3 Å². The maximum Gasteiger partial charge on any atom is 0.271 e. The number of carbonyl (C=O) groups is 1. The number of aryl methyl sites for hydroxylation is 4. The van der Waals surface area contributed by atoms with E-state index in [1.807, 2.05) is 32.9 Å². The molecule has 0 saturated carbocycles. The first-order valence-corrected chi connectivity index (χ1v) is 6.95. The Morgan fingerprint density at radius 1 is 0.952 bits per heavy atom. The molecule has 0 aliphatic heterocycles. The Balaban J connectivity index is 2.09. The van der Waals surface area contributed by atoms with Crippen LogP contribution in [0.4, 0.5) is 0 Å². The lowest BCUT2D eigenvalue weighted by atomic mass is 10.0. The van der Waals surface area contributed by atoms with Crippen molar-refractivity contribution in [2.45, 2.75) is 27.7 Å². The minimum absolute atomic E-state index is 0.200. The molecule has 2 aromatic rings. The SMILES string of the molecule is Cc1ccc(C(=O)NN=Cc2c(C)cc(C)cc2C)cc1. The van der Waals surface area contributed by atoms with Crippen molar-refractivity contribution in [1.82, 2.24) is 5.43 Å². The van der Waals surface area contributed by atoms with Gasteiger partial charge in [-0.1, -0.05) is 35.4 Å². The van der Waals surface area contributed by atoms with Crippen molar-refractivity contribution in [2.75, 3.05) is 0 Å². The summed E-state index contributed by atoms with van der Waals surface area (Å²) in [6.45, 7) is 8.15. The van der Waals surface area contributed by atoms with Crippen LogP contribution in [0.15, 0.2) is 41.5 Å². The third-order valence-electron chi connectivity index (χ3n) is 3.41. The molecule has 0 saturated heterocycles. The van der Waals surface area contributed by atoms with Gasteiger partial charge in [-0.2, -0.15) is 5.10 Å². The van der Waals surface area contributed by atoms with E-state index < -0.39 is 0 Å². The highest BCUT2D eigenvalue weighted by Crippen LogP contribution is 2.14. The van der Waals surface area contributed by atoms with Crippen molar-refractivity contribution >= 4 is 12.1 Å². The molecular formula is C18H20N2O. The first kappa shape index (κ1) is 15.0. The molecule has 108 valence electrons. The number of hydrogen-bond donors (Lipinski definition) is 1. The standard InChI is InChI=1S/C18H20N2O/c1-12-5-7-16(8-6-12)18(21)20-19-11-17-14(3)9-13(2)10-15(17)4/h5-11H,1-4H3,(H,20,21). The molecule has 21 heavy (non-hydrogen) atoms. The number of amides is 1. The van der Waals surface area contributed by atoms with Gasteiger partial charge in [-0.05, 0) is 51.0 Å². The number of carbonyl (C=O) groups excluding carboxylic acids is 1. The van der Waals surface area contributed by atoms with Gasteiger partial charge >= 0.3 is 0 Å². The average Bonchev–Trinajstić information content (AvgIpc) is 2.42. The van der Waals surface area contributed by atoms with E-state index in [0.717, 1.165) is 22.3 Å². The zero-order chi connectivity index (χ0) is 15.4. The fourth-order valence-electron chi connectivity index (χ4n) is 2.32. The highest BCUT2D eigenvalue weighted by molar-refractivity contribution is 5.95. The summed E-state index contributed by atoms with van der Waals surface area (Å²) in [4.78, 5) is 11.9. The molecular weight excluding hydrogens is 260 g/mol. The zero-order valence-corrected chi connectivity index (χ0v) is 12.9. The summed E-state index contributed by atoms with van der Waals surface area (Å²) < 4.78 is 0. The fourth-order valence-corrected chi connectivity index (χ4v) is 2.32. The van der Waals surface area contributed by atoms with E-state index in [1.165, 1.54) is 5.56 Å². The van der Waals surface area contributed by atoms with Gasteiger partial charge in [0.25, 0.3) is 5.91 Å². The number of nitrogens with one attached hydrogen (secondary N) is 1. The third kappa shape index (κ3) is 3.78. The summed E-state index contributed by atoms with van der Waals surface area (Å²) in [6, 6.07) is 11.6. The topological polar surface area (TPSA) is 41.5 Å². The summed E-state index contributed by atoms with van der Waals surface area (Å²) in [5.41, 5.74) is 8.88. The molecule has 2 rings (SSSR count). The average molecular weight is 280 g/mol. The highest BCUT2D eigenvalue weighted by atomic mass is 16.2. The van der Waals surface area contributed by atoms with Gasteiger partial charge in [0.05, 0.1) is 6.21 Å². The largest absolute Gasteiger partial charge is 0.271 e. The molecule has 3 nitrogen and oxygen atoms in total. The van der Waals surface area contributed by atoms with Crippen LogP contribution in [-0.2, 0) is 0 Å². The van der Waals surface area contributed by atoms with Crippen LogP contribution < -0.4 is 5.43 Å². The van der Waals surface area contributed by atoms with Gasteiger partial charge in [0.1, 0.15) is 0 Å². The van der Waals surface area contributed by atoms with Crippen molar-refractivity contribution < 1.29 is 4.79 Å². The normalized spacial score (nSPS) is 10.9. The lowest BCUT2D eigenvalue weighted by Crippen LogP contribution is -2.17. The molecule has 0 bridgehead atoms. The summed E-state index contributed by atoms with van der Waals surface area (Å²) in [5, 5.41) is 4.07. The molecule has 0 unspecified atom stereocenters. The Hall–Kier alpha value is -2.42. The van der Waals surface area contributed by atoms with E-state index in [2.05, 4.69) is 29.6 Å². The predicted octanol–water partition coefficient (Wildman–Crippen LogP) is 3.68. The maximum absolute atomic E-state index is 11.9. The van der Waals surface area contributed by atoms with Crippen molar-refractivity contribution in [2.24, 2.45) is 5.10 Å². The van der Waals surface area contributed by atoms with Crippen LogP contribution in [0.1, 0.15) is 38.2 Å². The van der Waals surface area contributed by atoms with E-state index in [-0.39, 0.29) is 5.91 Å². The monoisotopic (exact) mass is 280 g/mol. The molecule has 0 fully saturated rings. The molecule has 0 atom stereocenters. The first-order chi connectivity index (χ1) is 9.97. The molecule has 0 heterocycles. The minimum atomic E-state index is -0.200. The second-order valence-electron chi connectivity index (χ2n) is 5.38. The van der Waals surface area contributed by atoms with E-state index in [9.17, 15) is 4.79 Å². The molecule has 0 radical (unpaired) electrons. The van der Waals surface area contributed by atoms with E-state index >= 15 is 0 Å². The van der Waals surface area contributed by atoms with Crippen LogP contribution in [-0.4, -0.2) is 12.1 Å². The molecule has 3 heteroatoms. The number of rotatable bonds is 3. The van der Waals surface area contributed by atoms with Crippen molar-refractivity contribution in [3.8, 4) is 0 Å². The van der Waals surface area contributed by atoms with Gasteiger partial charge in [-0.25, -0.2) is 5.43 Å². The molecule has 1 amide bonds. The van der Waals surface area contributed by atoms with E-state index in [0.29, 0.717) is 5.56 Å². The Bertz CT molecular complexity index is 662. The van der Waals surface area contributed by atoms with Gasteiger partial charge < -0.3 is 0 Å². The molecule has 0 aliphatic rings. The van der Waals surface area contributed by atoms with Crippen molar-refractivity contribution in [1.29, 1.82) is 0 Å². The Morgan fingerprint density at radius 2 is 1.52 bits per heavy atom. The molecule has 0 aromatic heterocycles. The Kier molecular flexibility index (Phi) is 4.53. The van der Waals surface area contributed by atoms with Gasteiger partial charge in [-0.3, -0.25) is 4.79 Å². The maximum atomic E-state index is 11.9. The van der Waals surface area contributed by atoms with E-state index in [4.69, 9.17) is 0 Å². The van der Waals surface area contributed by atoms with Crippen molar-refractivity contribution in [3.05, 3.63) is 69.8 Å². The second-order valence-corrected chi connectivity index (χ2v) is 5.38. The predicted molar refractivity (Wildman–Crippen MR) is 86.9 cm³/mol. The summed E-state index contributed by atoms with van der Waals surface area (Å²) in [7, 11) is 0. The van der Waals surface area contributed by atoms with Gasteiger partial charge in [0.15, 0.2) is 0 Å². The van der Waals surface area contributed by atoms with Crippen LogP contribution in [0.25, 0.3) is 0 Å². The number of nitrogens with zero attached hydrogens (tertiary/aromatic N) is 1. The lowest BCUT2D eigenvalue weighted by molar-refractivity contribution is 0.0955. The van der Waals surface area contributed by atoms with Crippen LogP contribution in [0.2, 0.25) is 0 Å².